The maximum atomic E-state index is 11.7. The number of hydrogen-bond donors (Lipinski definition) is 3. The van der Waals surface area contributed by atoms with Gasteiger partial charge in [-0.05, 0) is 25.9 Å². The molecular formula is C17H21N5O3. The number of amides is 1. The van der Waals surface area contributed by atoms with E-state index in [1.165, 1.54) is 0 Å². The SMILES string of the molecule is O=C(O)CNC(=O)CN1CCC(c2nc(-c3ccccc3)n[nH]2)CC1. The van der Waals surface area contributed by atoms with Crippen LogP contribution in [0.2, 0.25) is 0 Å². The average molecular weight is 343 g/mol. The Morgan fingerprint density at radius 3 is 2.64 bits per heavy atom. The number of carboxylic acid groups (broad SMARTS) is 1. The summed E-state index contributed by atoms with van der Waals surface area (Å²) in [5.41, 5.74) is 0.984. The number of carboxylic acids is 1. The molecule has 1 saturated heterocycles. The van der Waals surface area contributed by atoms with E-state index in [0.717, 1.165) is 37.3 Å². The third kappa shape index (κ3) is 4.63. The van der Waals surface area contributed by atoms with Crippen LogP contribution in [0.15, 0.2) is 30.3 Å². The number of carbonyl (C=O) groups is 2. The molecule has 1 amide bonds. The van der Waals surface area contributed by atoms with Gasteiger partial charge in [-0.2, -0.15) is 5.10 Å². The van der Waals surface area contributed by atoms with Gasteiger partial charge in [-0.3, -0.25) is 19.6 Å². The number of rotatable bonds is 6. The quantitative estimate of drug-likeness (QED) is 0.717. The summed E-state index contributed by atoms with van der Waals surface area (Å²) in [5.74, 6) is 0.585. The molecule has 0 saturated carbocycles. The summed E-state index contributed by atoms with van der Waals surface area (Å²) in [6, 6.07) is 9.83. The molecule has 8 heteroatoms. The number of H-pyrrole nitrogens is 1. The third-order valence-electron chi connectivity index (χ3n) is 4.31. The molecule has 8 nitrogen and oxygen atoms in total. The summed E-state index contributed by atoms with van der Waals surface area (Å²) < 4.78 is 0. The number of hydrogen-bond acceptors (Lipinski definition) is 5. The summed E-state index contributed by atoms with van der Waals surface area (Å²) in [7, 11) is 0. The first-order valence-corrected chi connectivity index (χ1v) is 8.30. The molecule has 1 aromatic carbocycles. The van der Waals surface area contributed by atoms with Gasteiger partial charge in [-0.15, -0.1) is 0 Å². The first-order valence-electron chi connectivity index (χ1n) is 8.30. The molecule has 0 unspecified atom stereocenters. The number of piperidine rings is 1. The Labute approximate surface area is 145 Å². The van der Waals surface area contributed by atoms with E-state index in [0.29, 0.717) is 11.7 Å². The van der Waals surface area contributed by atoms with Crippen LogP contribution in [0.25, 0.3) is 11.4 Å². The van der Waals surface area contributed by atoms with Gasteiger partial charge in [-0.25, -0.2) is 4.98 Å². The molecule has 1 aliphatic heterocycles. The van der Waals surface area contributed by atoms with Gasteiger partial charge < -0.3 is 10.4 Å². The maximum Gasteiger partial charge on any atom is 0.322 e. The highest BCUT2D eigenvalue weighted by molar-refractivity contribution is 5.82. The van der Waals surface area contributed by atoms with Crippen LogP contribution in [0.1, 0.15) is 24.6 Å². The Bertz CT molecular complexity index is 723. The highest BCUT2D eigenvalue weighted by atomic mass is 16.4. The van der Waals surface area contributed by atoms with Gasteiger partial charge in [0.15, 0.2) is 5.82 Å². The molecule has 132 valence electrons. The number of aromatic amines is 1. The number of nitrogens with zero attached hydrogens (tertiary/aromatic N) is 3. The number of carbonyl (C=O) groups excluding carboxylic acids is 1. The fraction of sp³-hybridized carbons (Fsp3) is 0.412. The highest BCUT2D eigenvalue weighted by Gasteiger charge is 2.24. The summed E-state index contributed by atoms with van der Waals surface area (Å²) in [6.45, 7) is 1.43. The van der Waals surface area contributed by atoms with Crippen LogP contribution >= 0.6 is 0 Å². The van der Waals surface area contributed by atoms with Crippen LogP contribution in [-0.2, 0) is 9.59 Å². The van der Waals surface area contributed by atoms with Gasteiger partial charge in [0.1, 0.15) is 12.4 Å². The molecule has 3 N–H and O–H groups in total. The average Bonchev–Trinajstić information content (AvgIpc) is 3.11. The van der Waals surface area contributed by atoms with Gasteiger partial charge in [0.25, 0.3) is 0 Å². The summed E-state index contributed by atoms with van der Waals surface area (Å²) in [6.07, 6.45) is 1.77. The predicted octanol–water partition coefficient (Wildman–Crippen LogP) is 0.852. The van der Waals surface area contributed by atoms with E-state index in [1.807, 2.05) is 35.2 Å². The zero-order valence-corrected chi connectivity index (χ0v) is 13.8. The second-order valence-corrected chi connectivity index (χ2v) is 6.13. The Kier molecular flexibility index (Phi) is 5.39. The molecule has 3 rings (SSSR count). The zero-order chi connectivity index (χ0) is 17.6. The van der Waals surface area contributed by atoms with Crippen LogP contribution in [0.4, 0.5) is 0 Å². The van der Waals surface area contributed by atoms with E-state index < -0.39 is 5.97 Å². The largest absolute Gasteiger partial charge is 0.480 e. The maximum absolute atomic E-state index is 11.7. The lowest BCUT2D eigenvalue weighted by atomic mass is 9.96. The Balaban J connectivity index is 1.50. The third-order valence-corrected chi connectivity index (χ3v) is 4.31. The molecule has 0 radical (unpaired) electrons. The molecule has 1 aliphatic rings. The van der Waals surface area contributed by atoms with E-state index >= 15 is 0 Å². The molecule has 1 fully saturated rings. The number of benzene rings is 1. The summed E-state index contributed by atoms with van der Waals surface area (Å²) in [4.78, 5) is 28.8. The summed E-state index contributed by atoms with van der Waals surface area (Å²) in [5, 5.41) is 18.3. The molecule has 1 aromatic heterocycles. The smallest absolute Gasteiger partial charge is 0.322 e. The topological polar surface area (TPSA) is 111 Å². The van der Waals surface area contributed by atoms with Crippen molar-refractivity contribution in [3.63, 3.8) is 0 Å². The molecule has 0 atom stereocenters. The first-order chi connectivity index (χ1) is 12.1. The lowest BCUT2D eigenvalue weighted by Crippen LogP contribution is -2.42. The van der Waals surface area contributed by atoms with Gasteiger partial charge in [0.2, 0.25) is 5.91 Å². The second kappa shape index (κ2) is 7.89. The minimum atomic E-state index is -1.04. The van der Waals surface area contributed by atoms with E-state index in [9.17, 15) is 9.59 Å². The number of aliphatic carboxylic acids is 1. The van der Waals surface area contributed by atoms with Crippen molar-refractivity contribution >= 4 is 11.9 Å². The van der Waals surface area contributed by atoms with Crippen LogP contribution in [0.5, 0.6) is 0 Å². The molecule has 25 heavy (non-hydrogen) atoms. The van der Waals surface area contributed by atoms with Gasteiger partial charge in [0.05, 0.1) is 6.54 Å². The fourth-order valence-corrected chi connectivity index (χ4v) is 2.97. The van der Waals surface area contributed by atoms with Crippen LogP contribution in [0, 0.1) is 0 Å². The van der Waals surface area contributed by atoms with Crippen molar-refractivity contribution in [1.29, 1.82) is 0 Å². The van der Waals surface area contributed by atoms with E-state index in [4.69, 9.17) is 5.11 Å². The van der Waals surface area contributed by atoms with Crippen molar-refractivity contribution < 1.29 is 14.7 Å². The van der Waals surface area contributed by atoms with Crippen molar-refractivity contribution in [2.24, 2.45) is 0 Å². The monoisotopic (exact) mass is 343 g/mol. The molecule has 2 aromatic rings. The standard InChI is InChI=1S/C17H21N5O3/c23-14(18-10-15(24)25)11-22-8-6-13(7-9-22)17-19-16(20-21-17)12-4-2-1-3-5-12/h1-5,13H,6-11H2,(H,18,23)(H,24,25)(H,19,20,21). The number of likely N-dealkylation sites (tertiary alicyclic amines) is 1. The Morgan fingerprint density at radius 2 is 1.96 bits per heavy atom. The van der Waals surface area contributed by atoms with Crippen molar-refractivity contribution in [2.75, 3.05) is 26.2 Å². The van der Waals surface area contributed by atoms with E-state index in [1.54, 1.807) is 0 Å². The van der Waals surface area contributed by atoms with Crippen molar-refractivity contribution in [1.82, 2.24) is 25.4 Å². The first kappa shape index (κ1) is 17.1. The number of aromatic nitrogens is 3. The van der Waals surface area contributed by atoms with Crippen molar-refractivity contribution in [3.05, 3.63) is 36.2 Å². The van der Waals surface area contributed by atoms with Gasteiger partial charge >= 0.3 is 5.97 Å². The van der Waals surface area contributed by atoms with Gasteiger partial charge in [-0.1, -0.05) is 30.3 Å². The summed E-state index contributed by atoms with van der Waals surface area (Å²) >= 11 is 0. The highest BCUT2D eigenvalue weighted by Crippen LogP contribution is 2.26. The van der Waals surface area contributed by atoms with Crippen LogP contribution in [-0.4, -0.2) is 63.2 Å². The minimum Gasteiger partial charge on any atom is -0.480 e. The molecule has 0 bridgehead atoms. The van der Waals surface area contributed by atoms with E-state index in [-0.39, 0.29) is 19.0 Å². The van der Waals surface area contributed by atoms with Crippen LogP contribution in [0.3, 0.4) is 0 Å². The Hall–Kier alpha value is -2.74. The molecular weight excluding hydrogens is 322 g/mol. The zero-order valence-electron chi connectivity index (χ0n) is 13.8. The second-order valence-electron chi connectivity index (χ2n) is 6.13. The lowest BCUT2D eigenvalue weighted by Gasteiger charge is -2.30. The lowest BCUT2D eigenvalue weighted by molar-refractivity contribution is -0.138. The van der Waals surface area contributed by atoms with Crippen molar-refractivity contribution in [3.8, 4) is 11.4 Å². The van der Waals surface area contributed by atoms with Crippen molar-refractivity contribution in [2.45, 2.75) is 18.8 Å². The normalized spacial score (nSPS) is 15.8. The van der Waals surface area contributed by atoms with Crippen LogP contribution < -0.4 is 5.32 Å². The molecule has 0 aliphatic carbocycles. The Morgan fingerprint density at radius 1 is 1.24 bits per heavy atom. The minimum absolute atomic E-state index is 0.228. The fourth-order valence-electron chi connectivity index (χ4n) is 2.97. The van der Waals surface area contributed by atoms with E-state index in [2.05, 4.69) is 20.5 Å². The molecule has 0 spiro atoms. The van der Waals surface area contributed by atoms with Gasteiger partial charge in [0, 0.05) is 11.5 Å². The molecule has 2 heterocycles. The predicted molar refractivity (Wildman–Crippen MR) is 90.9 cm³/mol. The number of nitrogens with one attached hydrogen (secondary N) is 2.